The quantitative estimate of drug-likeness (QED) is 0.882. The van der Waals surface area contributed by atoms with Crippen LogP contribution in [0, 0.1) is 0 Å². The van der Waals surface area contributed by atoms with Gasteiger partial charge in [-0.1, -0.05) is 21.1 Å². The molecule has 2 aromatic rings. The Bertz CT molecular complexity index is 481. The number of aromatic nitrogens is 3. The van der Waals surface area contributed by atoms with Gasteiger partial charge >= 0.3 is 0 Å². The first-order valence-corrected chi connectivity index (χ1v) is 5.46. The maximum absolute atomic E-state index is 9.21. The van der Waals surface area contributed by atoms with Crippen LogP contribution in [0.1, 0.15) is 11.4 Å². The molecule has 0 fully saturated rings. The van der Waals surface area contributed by atoms with Crippen molar-refractivity contribution in [3.05, 3.63) is 40.1 Å². The topological polar surface area (TPSA) is 71.2 Å². The summed E-state index contributed by atoms with van der Waals surface area (Å²) >= 11 is 3.34. The van der Waals surface area contributed by atoms with Crippen molar-refractivity contribution in [3.8, 4) is 5.69 Å². The van der Waals surface area contributed by atoms with Crippen LogP contribution in [0.5, 0.6) is 0 Å². The second kappa shape index (κ2) is 4.73. The van der Waals surface area contributed by atoms with Crippen LogP contribution in [-0.4, -0.2) is 25.2 Å². The Hall–Kier alpha value is -1.24. The fraction of sp³-hybridized carbons (Fsp3) is 0.200. The fourth-order valence-corrected chi connectivity index (χ4v) is 1.67. The highest BCUT2D eigenvalue weighted by molar-refractivity contribution is 9.10. The SMILES string of the molecule is OCc1nnn(-c2ccc(Br)cc2)c1CO. The molecule has 2 rings (SSSR count). The lowest BCUT2D eigenvalue weighted by atomic mass is 10.3. The van der Waals surface area contributed by atoms with E-state index in [-0.39, 0.29) is 13.2 Å². The van der Waals surface area contributed by atoms with Gasteiger partial charge in [0.25, 0.3) is 0 Å². The van der Waals surface area contributed by atoms with Gasteiger partial charge in [0.1, 0.15) is 5.69 Å². The summed E-state index contributed by atoms with van der Waals surface area (Å²) < 4.78 is 2.47. The predicted octanol–water partition coefficient (Wildman–Crippen LogP) is 1.01. The van der Waals surface area contributed by atoms with Crippen LogP contribution < -0.4 is 0 Å². The molecule has 0 atom stereocenters. The largest absolute Gasteiger partial charge is 0.390 e. The third-order valence-corrected chi connectivity index (χ3v) is 2.74. The number of rotatable bonds is 3. The fourth-order valence-electron chi connectivity index (χ4n) is 1.40. The molecule has 0 saturated heterocycles. The molecule has 0 radical (unpaired) electrons. The van der Waals surface area contributed by atoms with Crippen LogP contribution in [0.15, 0.2) is 28.7 Å². The third kappa shape index (κ3) is 1.99. The smallest absolute Gasteiger partial charge is 0.114 e. The van der Waals surface area contributed by atoms with E-state index in [0.717, 1.165) is 10.2 Å². The number of benzene rings is 1. The zero-order chi connectivity index (χ0) is 11.5. The predicted molar refractivity (Wildman–Crippen MR) is 60.9 cm³/mol. The highest BCUT2D eigenvalue weighted by Gasteiger charge is 2.12. The van der Waals surface area contributed by atoms with E-state index in [0.29, 0.717) is 11.4 Å². The van der Waals surface area contributed by atoms with E-state index in [9.17, 15) is 5.11 Å². The molecule has 0 amide bonds. The molecule has 0 aliphatic heterocycles. The van der Waals surface area contributed by atoms with E-state index >= 15 is 0 Å². The van der Waals surface area contributed by atoms with Gasteiger partial charge in [0, 0.05) is 4.47 Å². The van der Waals surface area contributed by atoms with E-state index in [1.165, 1.54) is 4.68 Å². The van der Waals surface area contributed by atoms with Crippen molar-refractivity contribution >= 4 is 15.9 Å². The van der Waals surface area contributed by atoms with Crippen LogP contribution in [-0.2, 0) is 13.2 Å². The van der Waals surface area contributed by atoms with Crippen LogP contribution in [0.4, 0.5) is 0 Å². The van der Waals surface area contributed by atoms with Gasteiger partial charge < -0.3 is 10.2 Å². The summed E-state index contributed by atoms with van der Waals surface area (Å²) in [6.07, 6.45) is 0. The highest BCUT2D eigenvalue weighted by atomic mass is 79.9. The molecule has 1 aromatic carbocycles. The first-order valence-electron chi connectivity index (χ1n) is 4.67. The number of nitrogens with zero attached hydrogens (tertiary/aromatic N) is 3. The molecular weight excluding hydrogens is 274 g/mol. The van der Waals surface area contributed by atoms with Gasteiger partial charge in [-0.3, -0.25) is 0 Å². The average molecular weight is 284 g/mol. The summed E-state index contributed by atoms with van der Waals surface area (Å²) in [5, 5.41) is 25.9. The van der Waals surface area contributed by atoms with Gasteiger partial charge in [-0.25, -0.2) is 4.68 Å². The second-order valence-electron chi connectivity index (χ2n) is 3.19. The minimum absolute atomic E-state index is 0.209. The minimum atomic E-state index is -0.230. The summed E-state index contributed by atoms with van der Waals surface area (Å²) in [5.41, 5.74) is 1.69. The first kappa shape index (κ1) is 11.3. The van der Waals surface area contributed by atoms with E-state index in [1.54, 1.807) is 0 Å². The van der Waals surface area contributed by atoms with Crippen molar-refractivity contribution in [2.75, 3.05) is 0 Å². The molecule has 1 aromatic heterocycles. The zero-order valence-corrected chi connectivity index (χ0v) is 9.92. The molecule has 16 heavy (non-hydrogen) atoms. The lowest BCUT2D eigenvalue weighted by Crippen LogP contribution is -2.03. The second-order valence-corrected chi connectivity index (χ2v) is 4.10. The average Bonchev–Trinajstić information content (AvgIpc) is 2.72. The van der Waals surface area contributed by atoms with Gasteiger partial charge in [-0.2, -0.15) is 0 Å². The minimum Gasteiger partial charge on any atom is -0.390 e. The maximum Gasteiger partial charge on any atom is 0.114 e. The van der Waals surface area contributed by atoms with Crippen molar-refractivity contribution in [3.63, 3.8) is 0 Å². The Labute approximate surface area is 100 Å². The number of halogens is 1. The Morgan fingerprint density at radius 1 is 1.12 bits per heavy atom. The van der Waals surface area contributed by atoms with Crippen LogP contribution in [0.2, 0.25) is 0 Å². The van der Waals surface area contributed by atoms with Crippen molar-refractivity contribution in [1.29, 1.82) is 0 Å². The normalized spacial score (nSPS) is 10.7. The van der Waals surface area contributed by atoms with Crippen molar-refractivity contribution < 1.29 is 10.2 Å². The van der Waals surface area contributed by atoms with Crippen molar-refractivity contribution in [2.24, 2.45) is 0 Å². The standard InChI is InChI=1S/C10H10BrN3O2/c11-7-1-3-8(4-2-7)14-10(6-16)9(5-15)12-13-14/h1-4,15-16H,5-6H2. The Balaban J connectivity index is 2.47. The first-order chi connectivity index (χ1) is 7.76. The van der Waals surface area contributed by atoms with Gasteiger partial charge in [-0.05, 0) is 24.3 Å². The zero-order valence-electron chi connectivity index (χ0n) is 8.34. The molecule has 84 valence electrons. The van der Waals surface area contributed by atoms with Crippen molar-refractivity contribution in [2.45, 2.75) is 13.2 Å². The van der Waals surface area contributed by atoms with Gasteiger partial charge in [0.05, 0.1) is 24.6 Å². The lowest BCUT2D eigenvalue weighted by Gasteiger charge is -2.04. The monoisotopic (exact) mass is 283 g/mol. The summed E-state index contributed by atoms with van der Waals surface area (Å²) in [6, 6.07) is 7.44. The van der Waals surface area contributed by atoms with Crippen molar-refractivity contribution in [1.82, 2.24) is 15.0 Å². The van der Waals surface area contributed by atoms with E-state index < -0.39 is 0 Å². The van der Waals surface area contributed by atoms with E-state index in [4.69, 9.17) is 5.11 Å². The highest BCUT2D eigenvalue weighted by Crippen LogP contribution is 2.16. The molecule has 6 heteroatoms. The molecule has 2 N–H and O–H groups in total. The molecule has 0 saturated carbocycles. The Morgan fingerprint density at radius 2 is 1.81 bits per heavy atom. The number of aliphatic hydroxyl groups is 2. The summed E-state index contributed by atoms with van der Waals surface area (Å²) in [7, 11) is 0. The third-order valence-electron chi connectivity index (χ3n) is 2.21. The summed E-state index contributed by atoms with van der Waals surface area (Å²) in [4.78, 5) is 0. The molecule has 5 nitrogen and oxygen atoms in total. The number of aliphatic hydroxyl groups excluding tert-OH is 2. The Kier molecular flexibility index (Phi) is 3.33. The van der Waals surface area contributed by atoms with Gasteiger partial charge in [-0.15, -0.1) is 5.10 Å². The number of hydrogen-bond donors (Lipinski definition) is 2. The molecule has 0 bridgehead atoms. The van der Waals surface area contributed by atoms with Crippen LogP contribution in [0.3, 0.4) is 0 Å². The molecule has 0 aliphatic rings. The van der Waals surface area contributed by atoms with E-state index in [1.807, 2.05) is 24.3 Å². The summed E-state index contributed by atoms with van der Waals surface area (Å²) in [6.45, 7) is -0.439. The molecular formula is C10H10BrN3O2. The molecule has 0 aliphatic carbocycles. The number of hydrogen-bond acceptors (Lipinski definition) is 4. The molecule has 1 heterocycles. The van der Waals surface area contributed by atoms with Gasteiger partial charge in [0.15, 0.2) is 0 Å². The Morgan fingerprint density at radius 3 is 2.38 bits per heavy atom. The van der Waals surface area contributed by atoms with Crippen LogP contribution in [0.25, 0.3) is 5.69 Å². The summed E-state index contributed by atoms with van der Waals surface area (Å²) in [5.74, 6) is 0. The van der Waals surface area contributed by atoms with Crippen LogP contribution >= 0.6 is 15.9 Å². The van der Waals surface area contributed by atoms with Gasteiger partial charge in [0.2, 0.25) is 0 Å². The maximum atomic E-state index is 9.21. The lowest BCUT2D eigenvalue weighted by molar-refractivity contribution is 0.253. The molecule has 0 spiro atoms. The molecule has 0 unspecified atom stereocenters. The van der Waals surface area contributed by atoms with E-state index in [2.05, 4.69) is 26.2 Å².